The highest BCUT2D eigenvalue weighted by Crippen LogP contribution is 2.46. The maximum Gasteiger partial charge on any atom is 0.301 e. The molecule has 0 radical (unpaired) electrons. The highest BCUT2D eigenvalue weighted by molar-refractivity contribution is 8.00. The summed E-state index contributed by atoms with van der Waals surface area (Å²) in [6.45, 7) is 4.44. The van der Waals surface area contributed by atoms with Crippen LogP contribution in [0.3, 0.4) is 0 Å². The number of hydrogen-bond acceptors (Lipinski definition) is 10. The topological polar surface area (TPSA) is 111 Å². The number of anilines is 1. The van der Waals surface area contributed by atoms with E-state index in [0.717, 1.165) is 22.5 Å². The minimum atomic E-state index is -1.07. The summed E-state index contributed by atoms with van der Waals surface area (Å²) in [6.07, 6.45) is 0.629. The molecule has 0 saturated carbocycles. The second kappa shape index (κ2) is 14.3. The summed E-state index contributed by atoms with van der Waals surface area (Å²) >= 11 is 2.37. The minimum Gasteiger partial charge on any atom is -0.507 e. The zero-order valence-electron chi connectivity index (χ0n) is 27.2. The van der Waals surface area contributed by atoms with Gasteiger partial charge in [0.05, 0.1) is 18.2 Å². The van der Waals surface area contributed by atoms with Crippen molar-refractivity contribution in [2.24, 2.45) is 0 Å². The van der Waals surface area contributed by atoms with Crippen LogP contribution in [-0.4, -0.2) is 39.7 Å². The maximum atomic E-state index is 14.3. The lowest BCUT2D eigenvalue weighted by molar-refractivity contribution is -0.132. The molecule has 2 atom stereocenters. The van der Waals surface area contributed by atoms with Gasteiger partial charge in [-0.25, -0.2) is 4.39 Å². The molecule has 0 bridgehead atoms. The second-order valence-corrected chi connectivity index (χ2v) is 13.9. The van der Waals surface area contributed by atoms with Crippen LogP contribution in [0.1, 0.15) is 47.7 Å². The van der Waals surface area contributed by atoms with E-state index < -0.39 is 17.7 Å². The Balaban J connectivity index is 1.28. The van der Waals surface area contributed by atoms with Gasteiger partial charge in [-0.05, 0) is 72.5 Å². The van der Waals surface area contributed by atoms with E-state index >= 15 is 0 Å². The van der Waals surface area contributed by atoms with Gasteiger partial charge in [-0.15, -0.1) is 10.2 Å². The Hall–Kier alpha value is -5.20. The molecule has 0 aliphatic carbocycles. The first kappa shape index (κ1) is 33.3. The number of carbonyl (C=O) groups excluding carboxylic acids is 2. The van der Waals surface area contributed by atoms with Gasteiger partial charge in [-0.1, -0.05) is 77.7 Å². The largest absolute Gasteiger partial charge is 0.507 e. The van der Waals surface area contributed by atoms with Crippen LogP contribution in [0.25, 0.3) is 5.76 Å². The number of rotatable bonds is 11. The number of ether oxygens (including phenoxy) is 3. The number of aromatic nitrogens is 2. The van der Waals surface area contributed by atoms with Crippen LogP contribution in [0.5, 0.6) is 17.2 Å². The normalized spacial score (nSPS) is 17.9. The fourth-order valence-corrected chi connectivity index (χ4v) is 7.85. The maximum absolute atomic E-state index is 14.3. The molecule has 0 spiro atoms. The number of amides is 1. The summed E-state index contributed by atoms with van der Waals surface area (Å²) < 4.78 is 32.7. The number of halogens is 1. The molecule has 4 aromatic carbocycles. The van der Waals surface area contributed by atoms with Crippen molar-refractivity contribution in [3.8, 4) is 17.2 Å². The molecule has 0 unspecified atom stereocenters. The molecule has 50 heavy (non-hydrogen) atoms. The molecule has 1 saturated heterocycles. The van der Waals surface area contributed by atoms with Gasteiger partial charge >= 0.3 is 5.91 Å². The van der Waals surface area contributed by atoms with Crippen molar-refractivity contribution < 1.29 is 33.3 Å². The Kier molecular flexibility index (Phi) is 9.55. The highest BCUT2D eigenvalue weighted by atomic mass is 32.2. The Morgan fingerprint density at radius 1 is 1.00 bits per heavy atom. The molecule has 1 aromatic heterocycles. The van der Waals surface area contributed by atoms with Crippen LogP contribution < -0.4 is 19.1 Å². The van der Waals surface area contributed by atoms with E-state index in [2.05, 4.69) is 10.2 Å². The predicted molar refractivity (Wildman–Crippen MR) is 189 cm³/mol. The fourth-order valence-electron chi connectivity index (χ4n) is 6.00. The number of ketones is 1. The zero-order valence-corrected chi connectivity index (χ0v) is 28.8. The molecule has 7 rings (SSSR count). The molecular formula is C38H32FN3O6S2. The Morgan fingerprint density at radius 3 is 2.60 bits per heavy atom. The number of Topliss-reactive ketones (excluding diaryl/α,β-unsaturated/α-hetero) is 1. The second-order valence-electron chi connectivity index (χ2n) is 11.8. The lowest BCUT2D eigenvalue weighted by atomic mass is 9.94. The number of hydrogen-bond donors (Lipinski definition) is 1. The van der Waals surface area contributed by atoms with E-state index in [-0.39, 0.29) is 28.4 Å². The summed E-state index contributed by atoms with van der Waals surface area (Å²) in [5, 5.41) is 20.5. The number of aliphatic hydroxyl groups excluding tert-OH is 1. The highest BCUT2D eigenvalue weighted by Gasteiger charge is 2.48. The van der Waals surface area contributed by atoms with Crippen LogP contribution in [-0.2, 0) is 28.4 Å². The molecule has 5 aromatic rings. The average molecular weight is 710 g/mol. The summed E-state index contributed by atoms with van der Waals surface area (Å²) in [6, 6.07) is 25.5. The third-order valence-corrected chi connectivity index (χ3v) is 10.4. The van der Waals surface area contributed by atoms with Gasteiger partial charge in [-0.2, -0.15) is 0 Å². The summed E-state index contributed by atoms with van der Waals surface area (Å²) in [5.74, 6) is -0.474. The Morgan fingerprint density at radius 2 is 1.80 bits per heavy atom. The molecule has 1 N–H and O–H groups in total. The van der Waals surface area contributed by atoms with Crippen molar-refractivity contribution in [1.82, 2.24) is 10.2 Å². The van der Waals surface area contributed by atoms with Gasteiger partial charge in [0.15, 0.2) is 15.8 Å². The van der Waals surface area contributed by atoms with Crippen molar-refractivity contribution in [3.63, 3.8) is 0 Å². The van der Waals surface area contributed by atoms with E-state index in [0.29, 0.717) is 63.7 Å². The first-order valence-corrected chi connectivity index (χ1v) is 17.8. The smallest absolute Gasteiger partial charge is 0.301 e. The minimum absolute atomic E-state index is 0.0181. The van der Waals surface area contributed by atoms with Gasteiger partial charge in [0.1, 0.15) is 30.0 Å². The van der Waals surface area contributed by atoms with Crippen molar-refractivity contribution in [2.75, 3.05) is 11.5 Å². The first-order chi connectivity index (χ1) is 24.3. The van der Waals surface area contributed by atoms with Crippen LogP contribution in [0.2, 0.25) is 0 Å². The van der Waals surface area contributed by atoms with Crippen molar-refractivity contribution in [2.45, 2.75) is 49.1 Å². The van der Waals surface area contributed by atoms with Gasteiger partial charge in [0.2, 0.25) is 5.13 Å². The van der Waals surface area contributed by atoms with E-state index in [4.69, 9.17) is 14.2 Å². The van der Waals surface area contributed by atoms with Crippen LogP contribution in [0, 0.1) is 5.82 Å². The SMILES string of the molecule is CCOc1cc([C@@H]2C(=C(O)c3ccc4c(c3)C[C@@H](C)O4)C(=O)C(=O)N2c2nnc(SCc3ccccc3F)s2)ccc1OCc1ccccc1. The van der Waals surface area contributed by atoms with Gasteiger partial charge < -0.3 is 19.3 Å². The monoisotopic (exact) mass is 709 g/mol. The van der Waals surface area contributed by atoms with Gasteiger partial charge in [0, 0.05) is 17.7 Å². The van der Waals surface area contributed by atoms with Crippen molar-refractivity contribution in [1.29, 1.82) is 0 Å². The molecule has 254 valence electrons. The number of benzene rings is 4. The lowest BCUT2D eigenvalue weighted by Crippen LogP contribution is -2.29. The van der Waals surface area contributed by atoms with Gasteiger partial charge in [-0.3, -0.25) is 14.5 Å². The Labute approximate surface area is 296 Å². The number of thioether (sulfide) groups is 1. The fraction of sp³-hybridized carbons (Fsp3) is 0.211. The zero-order chi connectivity index (χ0) is 34.8. The average Bonchev–Trinajstić information content (AvgIpc) is 3.82. The Bertz CT molecular complexity index is 2100. The standard InChI is InChI=1S/C38H32FN3O6S2/c1-3-46-31-19-24(13-16-30(31)47-20-23-9-5-4-6-10-23)33-32(34(43)25-14-15-29-27(18-25)17-22(2)48-29)35(44)36(45)42(33)37-40-41-38(50-37)49-21-26-11-7-8-12-28(26)39/h4-16,18-19,22,33,43H,3,17,20-21H2,1-2H3/t22-,33-/m1/s1. The number of nitrogens with zero attached hydrogens (tertiary/aromatic N) is 3. The van der Waals surface area contributed by atoms with E-state index in [1.807, 2.05) is 44.2 Å². The van der Waals surface area contributed by atoms with E-state index in [1.54, 1.807) is 54.6 Å². The third kappa shape index (κ3) is 6.68. The quantitative estimate of drug-likeness (QED) is 0.0481. The number of carbonyl (C=O) groups is 2. The molecule has 2 aliphatic rings. The molecule has 12 heteroatoms. The summed E-state index contributed by atoms with van der Waals surface area (Å²) in [7, 11) is 0. The third-order valence-electron chi connectivity index (χ3n) is 8.35. The molecular weight excluding hydrogens is 678 g/mol. The first-order valence-electron chi connectivity index (χ1n) is 16.0. The van der Waals surface area contributed by atoms with E-state index in [9.17, 15) is 19.1 Å². The summed E-state index contributed by atoms with van der Waals surface area (Å²) in [5.41, 5.74) is 3.15. The number of fused-ring (bicyclic) bond motifs is 1. The lowest BCUT2D eigenvalue weighted by Gasteiger charge is -2.24. The van der Waals surface area contributed by atoms with Crippen molar-refractivity contribution in [3.05, 3.63) is 130 Å². The van der Waals surface area contributed by atoms with E-state index in [1.165, 1.54) is 22.7 Å². The molecule has 2 aliphatic heterocycles. The summed E-state index contributed by atoms with van der Waals surface area (Å²) in [4.78, 5) is 29.0. The van der Waals surface area contributed by atoms with Gasteiger partial charge in [0.25, 0.3) is 5.78 Å². The van der Waals surface area contributed by atoms with Crippen LogP contribution in [0.4, 0.5) is 9.52 Å². The van der Waals surface area contributed by atoms with Crippen LogP contribution in [0.15, 0.2) is 101 Å². The molecule has 9 nitrogen and oxygen atoms in total. The van der Waals surface area contributed by atoms with Crippen LogP contribution >= 0.6 is 23.1 Å². The number of aliphatic hydroxyl groups is 1. The molecule has 3 heterocycles. The predicted octanol–water partition coefficient (Wildman–Crippen LogP) is 7.90. The molecule has 1 amide bonds. The molecule has 1 fully saturated rings. The van der Waals surface area contributed by atoms with Crippen molar-refractivity contribution >= 4 is 45.7 Å².